The van der Waals surface area contributed by atoms with Crippen molar-refractivity contribution in [3.8, 4) is 0 Å². The lowest BCUT2D eigenvalue weighted by Gasteiger charge is -2.18. The third-order valence-electron chi connectivity index (χ3n) is 3.70. The Morgan fingerprint density at radius 3 is 3.15 bits per heavy atom. The predicted octanol–water partition coefficient (Wildman–Crippen LogP) is 2.03. The van der Waals surface area contributed by atoms with Crippen LogP contribution in [0.4, 0.5) is 5.69 Å². The van der Waals surface area contributed by atoms with E-state index < -0.39 is 0 Å². The fraction of sp³-hybridized carbons (Fsp3) is 0.333. The molecule has 1 aliphatic rings. The molecule has 5 nitrogen and oxygen atoms in total. The first-order valence-corrected chi connectivity index (χ1v) is 6.74. The molecule has 5 heteroatoms. The van der Waals surface area contributed by atoms with Gasteiger partial charge >= 0.3 is 0 Å². The van der Waals surface area contributed by atoms with Gasteiger partial charge in [0.2, 0.25) is 0 Å². The molecule has 1 saturated heterocycles. The van der Waals surface area contributed by atoms with Crippen molar-refractivity contribution in [2.45, 2.75) is 12.3 Å². The van der Waals surface area contributed by atoms with E-state index in [1.54, 1.807) is 19.5 Å². The van der Waals surface area contributed by atoms with Crippen molar-refractivity contribution in [1.29, 1.82) is 0 Å². The molecule has 2 aromatic rings. The van der Waals surface area contributed by atoms with Gasteiger partial charge < -0.3 is 14.6 Å². The monoisotopic (exact) mass is 271 g/mol. The molecule has 1 unspecified atom stereocenters. The van der Waals surface area contributed by atoms with E-state index in [1.807, 2.05) is 24.3 Å². The van der Waals surface area contributed by atoms with Gasteiger partial charge in [-0.15, -0.1) is 0 Å². The number of furan rings is 1. The average Bonchev–Trinajstić information content (AvgIpc) is 3.17. The van der Waals surface area contributed by atoms with Crippen LogP contribution in [0, 0.1) is 0 Å². The molecule has 1 fully saturated rings. The maximum absolute atomic E-state index is 11.6. The van der Waals surface area contributed by atoms with Crippen molar-refractivity contribution in [3.05, 3.63) is 48.2 Å². The maximum Gasteiger partial charge on any atom is 0.269 e. The molecule has 3 rings (SSSR count). The number of hydrogen-bond donors (Lipinski definition) is 1. The largest absolute Gasteiger partial charge is 0.469 e. The lowest BCUT2D eigenvalue weighted by Crippen LogP contribution is -2.22. The van der Waals surface area contributed by atoms with Crippen molar-refractivity contribution < 1.29 is 9.21 Å². The molecule has 0 spiro atoms. The van der Waals surface area contributed by atoms with E-state index in [0.717, 1.165) is 31.0 Å². The topological polar surface area (TPSA) is 58.4 Å². The number of pyridine rings is 1. The molecule has 2 aromatic heterocycles. The number of carbonyl (C=O) groups excluding carboxylic acids is 1. The summed E-state index contributed by atoms with van der Waals surface area (Å²) in [7, 11) is 1.61. The minimum Gasteiger partial charge on any atom is -0.469 e. The van der Waals surface area contributed by atoms with Crippen LogP contribution in [0.3, 0.4) is 0 Å². The lowest BCUT2D eigenvalue weighted by atomic mass is 10.1. The summed E-state index contributed by atoms with van der Waals surface area (Å²) in [6.45, 7) is 1.87. The van der Waals surface area contributed by atoms with E-state index in [0.29, 0.717) is 11.6 Å². The molecule has 1 N–H and O–H groups in total. The summed E-state index contributed by atoms with van der Waals surface area (Å²) in [6, 6.07) is 7.73. The minimum absolute atomic E-state index is 0.159. The zero-order valence-electron chi connectivity index (χ0n) is 11.4. The molecule has 0 bridgehead atoms. The number of hydrogen-bond acceptors (Lipinski definition) is 4. The van der Waals surface area contributed by atoms with Gasteiger partial charge in [0.15, 0.2) is 0 Å². The van der Waals surface area contributed by atoms with Gasteiger partial charge in [-0.2, -0.15) is 0 Å². The number of nitrogens with zero attached hydrogens (tertiary/aromatic N) is 2. The van der Waals surface area contributed by atoms with Crippen molar-refractivity contribution in [2.24, 2.45) is 0 Å². The number of nitrogens with one attached hydrogen (secondary N) is 1. The Kier molecular flexibility index (Phi) is 3.41. The smallest absolute Gasteiger partial charge is 0.269 e. The molecule has 1 amide bonds. The van der Waals surface area contributed by atoms with Gasteiger partial charge in [0.1, 0.15) is 11.5 Å². The first-order valence-electron chi connectivity index (χ1n) is 6.74. The highest BCUT2D eigenvalue weighted by Gasteiger charge is 2.26. The second-order valence-electron chi connectivity index (χ2n) is 4.93. The lowest BCUT2D eigenvalue weighted by molar-refractivity contribution is 0.0958. The SMILES string of the molecule is CNC(=O)c1cc(N2CCC(c3ccco3)C2)ccn1. The van der Waals surface area contributed by atoms with Crippen molar-refractivity contribution in [2.75, 3.05) is 25.0 Å². The second kappa shape index (κ2) is 5.36. The zero-order valence-corrected chi connectivity index (χ0v) is 11.4. The third kappa shape index (κ3) is 2.39. The zero-order chi connectivity index (χ0) is 13.9. The van der Waals surface area contributed by atoms with Gasteiger partial charge in [-0.25, -0.2) is 0 Å². The summed E-state index contributed by atoms with van der Waals surface area (Å²) in [6.07, 6.45) is 4.46. The normalized spacial score (nSPS) is 18.2. The summed E-state index contributed by atoms with van der Waals surface area (Å²) in [5, 5.41) is 2.60. The molecular formula is C15H17N3O2. The molecule has 20 heavy (non-hydrogen) atoms. The van der Waals surface area contributed by atoms with Crippen LogP contribution in [-0.2, 0) is 0 Å². The Morgan fingerprint density at radius 2 is 2.40 bits per heavy atom. The first kappa shape index (κ1) is 12.7. The van der Waals surface area contributed by atoms with Crippen molar-refractivity contribution >= 4 is 11.6 Å². The molecule has 0 aromatic carbocycles. The molecule has 1 aliphatic heterocycles. The van der Waals surface area contributed by atoms with E-state index in [2.05, 4.69) is 15.2 Å². The summed E-state index contributed by atoms with van der Waals surface area (Å²) in [5.41, 5.74) is 1.49. The quantitative estimate of drug-likeness (QED) is 0.928. The standard InChI is InChI=1S/C15H17N3O2/c1-16-15(19)13-9-12(4-6-17-13)18-7-5-11(10-18)14-3-2-8-20-14/h2-4,6,8-9,11H,5,7,10H2,1H3,(H,16,19). The number of carbonyl (C=O) groups is 1. The van der Waals surface area contributed by atoms with Crippen LogP contribution in [0.25, 0.3) is 0 Å². The van der Waals surface area contributed by atoms with E-state index in [-0.39, 0.29) is 5.91 Å². The van der Waals surface area contributed by atoms with Gasteiger partial charge in [0.05, 0.1) is 6.26 Å². The van der Waals surface area contributed by atoms with Crippen LogP contribution in [0.2, 0.25) is 0 Å². The van der Waals surface area contributed by atoms with Crippen LogP contribution in [0.5, 0.6) is 0 Å². The van der Waals surface area contributed by atoms with Gasteiger partial charge in [-0.1, -0.05) is 0 Å². The van der Waals surface area contributed by atoms with Crippen molar-refractivity contribution in [1.82, 2.24) is 10.3 Å². The first-order chi connectivity index (χ1) is 9.78. The number of rotatable bonds is 3. The summed E-state index contributed by atoms with van der Waals surface area (Å²) < 4.78 is 5.48. The Labute approximate surface area is 117 Å². The third-order valence-corrected chi connectivity index (χ3v) is 3.70. The van der Waals surface area contributed by atoms with E-state index in [1.165, 1.54) is 0 Å². The van der Waals surface area contributed by atoms with Crippen LogP contribution < -0.4 is 10.2 Å². The summed E-state index contributed by atoms with van der Waals surface area (Å²) in [5.74, 6) is 1.29. The van der Waals surface area contributed by atoms with Crippen LogP contribution in [0.15, 0.2) is 41.1 Å². The Hall–Kier alpha value is -2.30. The van der Waals surface area contributed by atoms with Gasteiger partial charge in [0, 0.05) is 37.9 Å². The highest BCUT2D eigenvalue weighted by molar-refractivity contribution is 5.92. The van der Waals surface area contributed by atoms with Gasteiger partial charge in [-0.3, -0.25) is 9.78 Å². The number of anilines is 1. The van der Waals surface area contributed by atoms with Crippen LogP contribution in [0.1, 0.15) is 28.6 Å². The number of amides is 1. The Bertz CT molecular complexity index is 595. The fourth-order valence-electron chi connectivity index (χ4n) is 2.62. The highest BCUT2D eigenvalue weighted by Crippen LogP contribution is 2.30. The Morgan fingerprint density at radius 1 is 1.50 bits per heavy atom. The van der Waals surface area contributed by atoms with E-state index in [9.17, 15) is 4.79 Å². The molecule has 0 aliphatic carbocycles. The van der Waals surface area contributed by atoms with Gasteiger partial charge in [0.25, 0.3) is 5.91 Å². The highest BCUT2D eigenvalue weighted by atomic mass is 16.3. The second-order valence-corrected chi connectivity index (χ2v) is 4.93. The molecule has 0 radical (unpaired) electrons. The number of aromatic nitrogens is 1. The molecular weight excluding hydrogens is 254 g/mol. The average molecular weight is 271 g/mol. The maximum atomic E-state index is 11.6. The van der Waals surface area contributed by atoms with Gasteiger partial charge in [-0.05, 0) is 30.7 Å². The van der Waals surface area contributed by atoms with E-state index >= 15 is 0 Å². The molecule has 3 heterocycles. The fourth-order valence-corrected chi connectivity index (χ4v) is 2.62. The minimum atomic E-state index is -0.159. The Balaban J connectivity index is 1.76. The van der Waals surface area contributed by atoms with Crippen LogP contribution in [-0.4, -0.2) is 31.0 Å². The summed E-state index contributed by atoms with van der Waals surface area (Å²) >= 11 is 0. The predicted molar refractivity (Wildman–Crippen MR) is 75.9 cm³/mol. The van der Waals surface area contributed by atoms with Crippen LogP contribution >= 0.6 is 0 Å². The molecule has 104 valence electrons. The summed E-state index contributed by atoms with van der Waals surface area (Å²) in [4.78, 5) is 18.0. The molecule has 0 saturated carbocycles. The van der Waals surface area contributed by atoms with Crippen molar-refractivity contribution in [3.63, 3.8) is 0 Å². The van der Waals surface area contributed by atoms with E-state index in [4.69, 9.17) is 4.42 Å². The molecule has 1 atom stereocenters.